The van der Waals surface area contributed by atoms with Crippen molar-refractivity contribution in [2.45, 2.75) is 38.8 Å². The van der Waals surface area contributed by atoms with Gasteiger partial charge in [0.15, 0.2) is 0 Å². The van der Waals surface area contributed by atoms with Gasteiger partial charge in [0, 0.05) is 32.5 Å². The van der Waals surface area contributed by atoms with Crippen LogP contribution in [0.25, 0.3) is 0 Å². The molecule has 0 radical (unpaired) electrons. The highest BCUT2D eigenvalue weighted by molar-refractivity contribution is 7.92. The molecule has 3 rings (SSSR count). The van der Waals surface area contributed by atoms with Crippen molar-refractivity contribution in [2.75, 3.05) is 30.8 Å². The summed E-state index contributed by atoms with van der Waals surface area (Å²) in [4.78, 5) is 28.6. The highest BCUT2D eigenvalue weighted by Gasteiger charge is 2.30. The van der Waals surface area contributed by atoms with Gasteiger partial charge in [0.05, 0.1) is 19.1 Å². The molecule has 0 aliphatic rings. The number of carbonyl (C=O) groups is 2. The highest BCUT2D eigenvalue weighted by atomic mass is 32.2. The highest BCUT2D eigenvalue weighted by Crippen LogP contribution is 2.30. The molecule has 0 heterocycles. The molecular formula is C30H37N3O5S. The fourth-order valence-corrected chi connectivity index (χ4v) is 5.41. The molecule has 0 saturated carbocycles. The number of nitrogens with zero attached hydrogens (tertiary/aromatic N) is 2. The van der Waals surface area contributed by atoms with E-state index in [9.17, 15) is 18.0 Å². The Morgan fingerprint density at radius 3 is 2.08 bits per heavy atom. The van der Waals surface area contributed by atoms with Crippen LogP contribution in [0.15, 0.2) is 84.9 Å². The first kappa shape index (κ1) is 29.7. The Balaban J connectivity index is 1.85. The van der Waals surface area contributed by atoms with Crippen LogP contribution in [0.1, 0.15) is 30.9 Å². The predicted octanol–water partition coefficient (Wildman–Crippen LogP) is 4.02. The molecule has 0 unspecified atom stereocenters. The van der Waals surface area contributed by atoms with Crippen molar-refractivity contribution >= 4 is 27.5 Å². The van der Waals surface area contributed by atoms with E-state index in [2.05, 4.69) is 5.32 Å². The van der Waals surface area contributed by atoms with Crippen LogP contribution in [-0.2, 0) is 32.6 Å². The van der Waals surface area contributed by atoms with Crippen molar-refractivity contribution in [1.29, 1.82) is 0 Å². The lowest BCUT2D eigenvalue weighted by Crippen LogP contribution is -2.50. The van der Waals surface area contributed by atoms with Gasteiger partial charge in [0.1, 0.15) is 11.8 Å². The SMILES string of the molecule is CCNC(=O)[C@H](Cc1ccccc1)N(Cc1ccccc1)C(=O)CCCN(c1ccccc1OC)S(C)(=O)=O. The number of sulfonamides is 1. The Morgan fingerprint density at radius 2 is 1.49 bits per heavy atom. The maximum absolute atomic E-state index is 13.7. The van der Waals surface area contributed by atoms with E-state index in [1.54, 1.807) is 29.2 Å². The van der Waals surface area contributed by atoms with E-state index in [1.165, 1.54) is 11.4 Å². The van der Waals surface area contributed by atoms with Crippen molar-refractivity contribution in [1.82, 2.24) is 10.2 Å². The van der Waals surface area contributed by atoms with Crippen molar-refractivity contribution < 1.29 is 22.7 Å². The number of ether oxygens (including phenoxy) is 1. The second-order valence-corrected chi connectivity index (χ2v) is 11.1. The smallest absolute Gasteiger partial charge is 0.243 e. The molecule has 1 atom stereocenters. The molecule has 3 aromatic rings. The number of anilines is 1. The maximum Gasteiger partial charge on any atom is 0.243 e. The number of likely N-dealkylation sites (N-methyl/N-ethyl adjacent to an activating group) is 1. The Labute approximate surface area is 231 Å². The van der Waals surface area contributed by atoms with Crippen molar-refractivity contribution in [3.05, 3.63) is 96.1 Å². The number of methoxy groups -OCH3 is 1. The number of amides is 2. The molecule has 0 saturated heterocycles. The number of hydrogen-bond donors (Lipinski definition) is 1. The van der Waals surface area contributed by atoms with Gasteiger partial charge in [-0.15, -0.1) is 0 Å². The van der Waals surface area contributed by atoms with Gasteiger partial charge in [-0.2, -0.15) is 0 Å². The quantitative estimate of drug-likeness (QED) is 0.327. The zero-order chi connectivity index (χ0) is 28.3. The summed E-state index contributed by atoms with van der Waals surface area (Å²) >= 11 is 0. The van der Waals surface area contributed by atoms with Crippen molar-refractivity contribution in [3.63, 3.8) is 0 Å². The van der Waals surface area contributed by atoms with Crippen LogP contribution in [0.4, 0.5) is 5.69 Å². The van der Waals surface area contributed by atoms with Gasteiger partial charge in [-0.3, -0.25) is 13.9 Å². The number of rotatable bonds is 14. The van der Waals surface area contributed by atoms with E-state index in [-0.39, 0.29) is 37.7 Å². The molecule has 1 N–H and O–H groups in total. The maximum atomic E-state index is 13.7. The first-order chi connectivity index (χ1) is 18.7. The van der Waals surface area contributed by atoms with Crippen LogP contribution in [0.5, 0.6) is 5.75 Å². The van der Waals surface area contributed by atoms with E-state index in [0.717, 1.165) is 17.4 Å². The van der Waals surface area contributed by atoms with Gasteiger partial charge < -0.3 is 15.0 Å². The number of para-hydroxylation sites is 2. The van der Waals surface area contributed by atoms with Gasteiger partial charge in [-0.25, -0.2) is 8.42 Å². The Hall–Kier alpha value is -3.85. The number of nitrogens with one attached hydrogen (secondary N) is 1. The van der Waals surface area contributed by atoms with Crippen LogP contribution in [-0.4, -0.2) is 57.6 Å². The minimum atomic E-state index is -3.63. The zero-order valence-electron chi connectivity index (χ0n) is 22.7. The third kappa shape index (κ3) is 8.58. The summed E-state index contributed by atoms with van der Waals surface area (Å²) in [6, 6.07) is 25.3. The van der Waals surface area contributed by atoms with E-state index in [0.29, 0.717) is 24.4 Å². The predicted molar refractivity (Wildman–Crippen MR) is 154 cm³/mol. The van der Waals surface area contributed by atoms with Crippen LogP contribution in [0.2, 0.25) is 0 Å². The largest absolute Gasteiger partial charge is 0.495 e. The number of carbonyl (C=O) groups excluding carboxylic acids is 2. The molecule has 0 aliphatic carbocycles. The standard InChI is InChI=1S/C30H37N3O5S/c1-4-31-30(35)27(22-24-14-7-5-8-15-24)32(23-25-16-9-6-10-17-25)29(34)20-13-21-33(39(3,36)37)26-18-11-12-19-28(26)38-2/h5-12,14-19,27H,4,13,20-23H2,1-3H3,(H,31,35)/t27-/m0/s1. The molecule has 3 aromatic carbocycles. The van der Waals surface area contributed by atoms with Gasteiger partial charge >= 0.3 is 0 Å². The molecule has 39 heavy (non-hydrogen) atoms. The molecule has 9 heteroatoms. The average Bonchev–Trinajstić information content (AvgIpc) is 2.93. The second kappa shape index (κ2) is 14.3. The molecule has 0 spiro atoms. The van der Waals surface area contributed by atoms with Crippen LogP contribution in [0.3, 0.4) is 0 Å². The van der Waals surface area contributed by atoms with Crippen molar-refractivity contribution in [3.8, 4) is 5.75 Å². The summed E-state index contributed by atoms with van der Waals surface area (Å²) in [6.07, 6.45) is 1.83. The minimum absolute atomic E-state index is 0.0682. The fourth-order valence-electron chi connectivity index (χ4n) is 4.44. The fraction of sp³-hybridized carbons (Fsp3) is 0.333. The lowest BCUT2D eigenvalue weighted by atomic mass is 10.0. The lowest BCUT2D eigenvalue weighted by molar-refractivity contribution is -0.141. The summed E-state index contributed by atoms with van der Waals surface area (Å²) in [6.45, 7) is 2.64. The average molecular weight is 552 g/mol. The van der Waals surface area contributed by atoms with Crippen LogP contribution < -0.4 is 14.4 Å². The molecule has 2 amide bonds. The lowest BCUT2D eigenvalue weighted by Gasteiger charge is -2.32. The number of benzene rings is 3. The second-order valence-electron chi connectivity index (χ2n) is 9.22. The van der Waals surface area contributed by atoms with E-state index < -0.39 is 16.1 Å². The molecule has 0 fully saturated rings. The van der Waals surface area contributed by atoms with Gasteiger partial charge in [0.25, 0.3) is 0 Å². The Morgan fingerprint density at radius 1 is 0.897 bits per heavy atom. The van der Waals surface area contributed by atoms with Crippen LogP contribution in [0, 0.1) is 0 Å². The third-order valence-electron chi connectivity index (χ3n) is 6.32. The molecular weight excluding hydrogens is 514 g/mol. The van der Waals surface area contributed by atoms with Crippen molar-refractivity contribution in [2.24, 2.45) is 0 Å². The molecule has 208 valence electrons. The normalized spacial score (nSPS) is 11.9. The summed E-state index contributed by atoms with van der Waals surface area (Å²) in [7, 11) is -2.15. The van der Waals surface area contributed by atoms with Gasteiger partial charge in [-0.05, 0) is 36.6 Å². The topological polar surface area (TPSA) is 96.0 Å². The summed E-state index contributed by atoms with van der Waals surface area (Å²) in [5, 5.41) is 2.88. The summed E-state index contributed by atoms with van der Waals surface area (Å²) < 4.78 is 31.9. The Kier molecular flexibility index (Phi) is 10.9. The molecule has 0 aliphatic heterocycles. The minimum Gasteiger partial charge on any atom is -0.495 e. The monoisotopic (exact) mass is 551 g/mol. The van der Waals surface area contributed by atoms with E-state index >= 15 is 0 Å². The number of hydrogen-bond acceptors (Lipinski definition) is 5. The van der Waals surface area contributed by atoms with Gasteiger partial charge in [-0.1, -0.05) is 72.8 Å². The van der Waals surface area contributed by atoms with Crippen LogP contribution >= 0.6 is 0 Å². The summed E-state index contributed by atoms with van der Waals surface area (Å²) in [5.41, 5.74) is 2.26. The first-order valence-electron chi connectivity index (χ1n) is 13.0. The summed E-state index contributed by atoms with van der Waals surface area (Å²) in [5.74, 6) is -0.0175. The molecule has 0 bridgehead atoms. The first-order valence-corrected chi connectivity index (χ1v) is 14.8. The van der Waals surface area contributed by atoms with E-state index in [4.69, 9.17) is 4.74 Å². The zero-order valence-corrected chi connectivity index (χ0v) is 23.6. The third-order valence-corrected chi connectivity index (χ3v) is 7.50. The molecule has 0 aromatic heterocycles. The molecule has 8 nitrogen and oxygen atoms in total. The van der Waals surface area contributed by atoms with Gasteiger partial charge in [0.2, 0.25) is 21.8 Å². The Bertz CT molecular complexity index is 1320. The van der Waals surface area contributed by atoms with E-state index in [1.807, 2.05) is 67.6 Å².